The van der Waals surface area contributed by atoms with E-state index in [0.717, 1.165) is 11.6 Å². The van der Waals surface area contributed by atoms with Gasteiger partial charge in [-0.15, -0.1) is 0 Å². The van der Waals surface area contributed by atoms with Gasteiger partial charge in [0.2, 0.25) is 11.5 Å². The molecule has 0 bridgehead atoms. The molecular weight excluding hydrogens is 628 g/mol. The van der Waals surface area contributed by atoms with Crippen LogP contribution in [-0.2, 0) is 35.1 Å². The molecule has 11 nitrogen and oxygen atoms in total. The summed E-state index contributed by atoms with van der Waals surface area (Å²) >= 11 is 0. The molecule has 12 atom stereocenters. The number of allylic oxidation sites excluding steroid dienone is 2. The summed E-state index contributed by atoms with van der Waals surface area (Å²) < 4.78 is 11.9. The van der Waals surface area contributed by atoms with Crippen LogP contribution in [0.1, 0.15) is 45.1 Å². The number of hydrogen-bond acceptors (Lipinski definition) is 9. The fourth-order valence-corrected chi connectivity index (χ4v) is 9.40. The zero-order valence-electron chi connectivity index (χ0n) is 28.1. The molecule has 0 aromatic heterocycles. The molecule has 2 amide bonds. The van der Waals surface area contributed by atoms with Gasteiger partial charge in [0.05, 0.1) is 30.3 Å². The van der Waals surface area contributed by atoms with Crippen molar-refractivity contribution < 1.29 is 44.0 Å². The molecule has 1 aromatic rings. The molecule has 0 radical (unpaired) electrons. The number of rotatable bonds is 4. The van der Waals surface area contributed by atoms with Crippen LogP contribution in [0, 0.1) is 35.0 Å². The molecule has 1 saturated heterocycles. The van der Waals surface area contributed by atoms with Crippen LogP contribution >= 0.6 is 0 Å². The van der Waals surface area contributed by atoms with Crippen molar-refractivity contribution in [1.29, 1.82) is 0 Å². The number of ether oxygens (including phenoxy) is 2. The molecule has 3 aliphatic carbocycles. The number of hydrogen-bond donors (Lipinski definition) is 5. The Morgan fingerprint density at radius 2 is 1.82 bits per heavy atom. The Morgan fingerprint density at radius 3 is 2.49 bits per heavy atom. The fraction of sp³-hybridized carbons (Fsp3) is 0.526. The summed E-state index contributed by atoms with van der Waals surface area (Å²) in [5.41, 5.74) is 3.75. The topological polar surface area (TPSA) is 185 Å². The Hall–Kier alpha value is -3.90. The summed E-state index contributed by atoms with van der Waals surface area (Å²) in [6.45, 7) is 8.11. The van der Waals surface area contributed by atoms with Gasteiger partial charge in [0.25, 0.3) is 5.91 Å². The minimum absolute atomic E-state index is 0.00880. The van der Waals surface area contributed by atoms with Crippen molar-refractivity contribution in [3.63, 3.8) is 0 Å². The number of fused-ring (bicyclic) bond motifs is 2. The summed E-state index contributed by atoms with van der Waals surface area (Å²) in [4.78, 5) is 55.2. The second-order valence-electron chi connectivity index (χ2n) is 14.4. The van der Waals surface area contributed by atoms with E-state index in [-0.39, 0.29) is 29.3 Å². The highest BCUT2D eigenvalue weighted by Crippen LogP contribution is 2.61. The second kappa shape index (κ2) is 13.1. The molecule has 6 N–H and O–H groups in total. The summed E-state index contributed by atoms with van der Waals surface area (Å²) in [5, 5.41) is 36.5. The smallest absolute Gasteiger partial charge is 0.331 e. The number of carbonyl (C=O) groups excluding carboxylic acids is 4. The van der Waals surface area contributed by atoms with Gasteiger partial charge in [0, 0.05) is 43.1 Å². The zero-order valence-corrected chi connectivity index (χ0v) is 28.1. The van der Waals surface area contributed by atoms with Crippen molar-refractivity contribution >= 4 is 23.6 Å². The van der Waals surface area contributed by atoms with Crippen LogP contribution in [0.2, 0.25) is 0 Å². The van der Waals surface area contributed by atoms with Crippen LogP contribution in [0.25, 0.3) is 0 Å². The van der Waals surface area contributed by atoms with Gasteiger partial charge in [-0.3, -0.25) is 14.4 Å². The number of benzene rings is 1. The van der Waals surface area contributed by atoms with E-state index in [9.17, 15) is 34.5 Å². The van der Waals surface area contributed by atoms with Crippen molar-refractivity contribution in [3.05, 3.63) is 83.5 Å². The average molecular weight is 675 g/mol. The number of amides is 2. The number of aliphatic hydroxyl groups excluding tert-OH is 3. The normalized spacial score (nSPS) is 42.2. The second-order valence-corrected chi connectivity index (χ2v) is 14.4. The third-order valence-corrected chi connectivity index (χ3v) is 11.9. The molecular formula is C38H46N2O9. The number of carbonyl (C=O) groups is 4. The molecule has 262 valence electrons. The van der Waals surface area contributed by atoms with Gasteiger partial charge in [-0.25, -0.2) is 4.79 Å². The largest absolute Gasteiger partial charge is 0.445 e. The van der Waals surface area contributed by atoms with Crippen molar-refractivity contribution in [1.82, 2.24) is 5.32 Å². The number of primary amides is 1. The minimum Gasteiger partial charge on any atom is -0.445 e. The van der Waals surface area contributed by atoms with Crippen LogP contribution in [0.4, 0.5) is 0 Å². The van der Waals surface area contributed by atoms with E-state index in [2.05, 4.69) is 11.9 Å². The molecule has 1 aromatic carbocycles. The molecule has 49 heavy (non-hydrogen) atoms. The van der Waals surface area contributed by atoms with Crippen LogP contribution < -0.4 is 11.1 Å². The SMILES string of the molecule is C=C1[C@@H](O)[C@@H]2/C=C\C[C@H](C)CCCC(=O)C3=C(/C=C\C(=O)O[C@]24C(=O)N[C@@H](Cc2ccccc2)[C@@H]4[C@H]1C)[C@@]1(C(N)=O)[C@H]([C@@H](O)[C@H]1O)[C@H]3OC. The number of ketones is 1. The standard InChI is InChI=1S/C38H46N2O9/c1-19-10-8-14-24-31(43)21(3)20(2)29-25(18-22-12-6-5-7-13-22)40-36(47)38(24,29)49-27(42)17-16-23-28(26(41)15-9-11-19)33(48-4)30-32(44)34(45)37(23,30)35(39)46/h5-8,12-14,16-17,19-20,24-25,29-34,43-45H,3,9-11,15,18H2,1-2,4H3,(H2,39,46)(H,40,47)/b14-8-,17-16-/t19-,20-,24-,25-,29-,30+,31+,32+,33-,34+,37+,38+/m0/s1. The van der Waals surface area contributed by atoms with Crippen LogP contribution in [-0.4, -0.2) is 82.1 Å². The molecule has 3 fully saturated rings. The van der Waals surface area contributed by atoms with Crippen LogP contribution in [0.5, 0.6) is 0 Å². The first-order valence-electron chi connectivity index (χ1n) is 17.1. The number of Topliss-reactive ketones (excluding diaryl/α,β-unsaturated/α-hetero) is 1. The molecule has 1 spiro atoms. The lowest BCUT2D eigenvalue weighted by atomic mass is 9.54. The summed E-state index contributed by atoms with van der Waals surface area (Å²) in [5.74, 6) is -5.73. The Bertz CT molecular complexity index is 1630. The number of esters is 1. The van der Waals surface area contributed by atoms with E-state index < -0.39 is 82.9 Å². The van der Waals surface area contributed by atoms with Crippen molar-refractivity contribution in [2.24, 2.45) is 40.7 Å². The van der Waals surface area contributed by atoms with E-state index in [1.165, 1.54) is 13.2 Å². The van der Waals surface area contributed by atoms with Gasteiger partial charge in [0.15, 0.2) is 5.78 Å². The van der Waals surface area contributed by atoms with E-state index in [1.807, 2.05) is 50.3 Å². The minimum atomic E-state index is -1.88. The Labute approximate surface area is 285 Å². The van der Waals surface area contributed by atoms with Crippen molar-refractivity contribution in [2.45, 2.75) is 82.0 Å². The van der Waals surface area contributed by atoms with Gasteiger partial charge in [-0.05, 0) is 54.2 Å². The number of nitrogens with one attached hydrogen (secondary N) is 1. The maximum absolute atomic E-state index is 14.3. The monoisotopic (exact) mass is 674 g/mol. The summed E-state index contributed by atoms with van der Waals surface area (Å²) in [6.07, 6.45) is 2.89. The van der Waals surface area contributed by atoms with Gasteiger partial charge in [-0.1, -0.05) is 69.0 Å². The average Bonchev–Trinajstić information content (AvgIpc) is 3.50. The van der Waals surface area contributed by atoms with Gasteiger partial charge in [0.1, 0.15) is 5.41 Å². The van der Waals surface area contributed by atoms with Crippen molar-refractivity contribution in [3.8, 4) is 0 Å². The quantitative estimate of drug-likeness (QED) is 0.235. The molecule has 11 heteroatoms. The molecule has 6 rings (SSSR count). The lowest BCUT2D eigenvalue weighted by Crippen LogP contribution is -2.70. The highest BCUT2D eigenvalue weighted by molar-refractivity contribution is 6.03. The van der Waals surface area contributed by atoms with E-state index in [0.29, 0.717) is 31.3 Å². The van der Waals surface area contributed by atoms with Gasteiger partial charge in [-0.2, -0.15) is 0 Å². The zero-order chi connectivity index (χ0) is 35.4. The first-order chi connectivity index (χ1) is 23.3. The Kier molecular flexibility index (Phi) is 9.34. The van der Waals surface area contributed by atoms with Crippen LogP contribution in [0.3, 0.4) is 0 Å². The highest BCUT2D eigenvalue weighted by atomic mass is 16.6. The van der Waals surface area contributed by atoms with Crippen molar-refractivity contribution in [2.75, 3.05) is 7.11 Å². The molecule has 0 unspecified atom stereocenters. The third-order valence-electron chi connectivity index (χ3n) is 11.9. The van der Waals surface area contributed by atoms with E-state index in [1.54, 1.807) is 6.08 Å². The lowest BCUT2D eigenvalue weighted by molar-refractivity contribution is -0.213. The predicted octanol–water partition coefficient (Wildman–Crippen LogP) is 1.85. The lowest BCUT2D eigenvalue weighted by Gasteiger charge is -2.53. The number of nitrogens with two attached hydrogens (primary N) is 1. The third kappa shape index (κ3) is 5.24. The molecule has 2 saturated carbocycles. The summed E-state index contributed by atoms with van der Waals surface area (Å²) in [7, 11) is 1.34. The fourth-order valence-electron chi connectivity index (χ4n) is 9.40. The molecule has 5 aliphatic rings. The first kappa shape index (κ1) is 34.9. The van der Waals surface area contributed by atoms with Gasteiger partial charge < -0.3 is 35.8 Å². The van der Waals surface area contributed by atoms with E-state index >= 15 is 0 Å². The highest BCUT2D eigenvalue weighted by Gasteiger charge is 2.74. The number of methoxy groups -OCH3 is 1. The first-order valence-corrected chi connectivity index (χ1v) is 17.1. The molecule has 2 heterocycles. The maximum atomic E-state index is 14.3. The molecule has 2 aliphatic heterocycles. The predicted molar refractivity (Wildman–Crippen MR) is 178 cm³/mol. The number of aliphatic hydroxyl groups is 3. The van der Waals surface area contributed by atoms with Gasteiger partial charge >= 0.3 is 5.97 Å². The summed E-state index contributed by atoms with van der Waals surface area (Å²) in [6, 6.07) is 9.17. The Morgan fingerprint density at radius 1 is 1.10 bits per heavy atom. The van der Waals surface area contributed by atoms with Crippen LogP contribution in [0.15, 0.2) is 77.9 Å². The maximum Gasteiger partial charge on any atom is 0.331 e. The van der Waals surface area contributed by atoms with E-state index in [4.69, 9.17) is 15.2 Å². The Balaban J connectivity index is 1.48.